The van der Waals surface area contributed by atoms with Gasteiger partial charge in [0.15, 0.2) is 0 Å². The summed E-state index contributed by atoms with van der Waals surface area (Å²) in [6, 6.07) is 6.50. The van der Waals surface area contributed by atoms with Gasteiger partial charge in [-0.1, -0.05) is 12.1 Å². The summed E-state index contributed by atoms with van der Waals surface area (Å²) in [4.78, 5) is 10.7. The van der Waals surface area contributed by atoms with Crippen LogP contribution in [0, 0.1) is 0 Å². The van der Waals surface area contributed by atoms with Crippen LogP contribution in [0.25, 0.3) is 0 Å². The first-order chi connectivity index (χ1) is 7.68. The molecule has 0 spiro atoms. The fourth-order valence-corrected chi connectivity index (χ4v) is 2.07. The number of hydrogen-bond acceptors (Lipinski definition) is 2. The molecule has 0 unspecified atom stereocenters. The number of halogens is 1. The molecule has 1 aliphatic rings. The number of aromatic carboxylic acids is 1. The van der Waals surface area contributed by atoms with Crippen molar-refractivity contribution in [3.05, 3.63) is 35.4 Å². The zero-order valence-electron chi connectivity index (χ0n) is 8.82. The Balaban J connectivity index is 2.17. The number of nitrogens with one attached hydrogen (secondary N) is 1. The summed E-state index contributed by atoms with van der Waals surface area (Å²) in [6.07, 6.45) is -0.127. The highest BCUT2D eigenvalue weighted by atomic mass is 19.1. The maximum absolute atomic E-state index is 13.6. The first-order valence-corrected chi connectivity index (χ1v) is 5.36. The molecule has 2 N–H and O–H groups in total. The van der Waals surface area contributed by atoms with Crippen LogP contribution in [0.5, 0.6) is 0 Å². The van der Waals surface area contributed by atoms with E-state index in [-0.39, 0.29) is 11.5 Å². The van der Waals surface area contributed by atoms with E-state index in [0.29, 0.717) is 6.54 Å². The fourth-order valence-electron chi connectivity index (χ4n) is 2.07. The lowest BCUT2D eigenvalue weighted by Gasteiger charge is -2.27. The van der Waals surface area contributed by atoms with E-state index in [0.717, 1.165) is 18.5 Å². The van der Waals surface area contributed by atoms with E-state index in [9.17, 15) is 9.18 Å². The van der Waals surface area contributed by atoms with Gasteiger partial charge >= 0.3 is 5.97 Å². The van der Waals surface area contributed by atoms with E-state index >= 15 is 0 Å². The Morgan fingerprint density at radius 1 is 1.38 bits per heavy atom. The van der Waals surface area contributed by atoms with Crippen LogP contribution in [0.1, 0.15) is 28.3 Å². The number of piperidine rings is 1. The highest BCUT2D eigenvalue weighted by molar-refractivity contribution is 5.87. The van der Waals surface area contributed by atoms with Crippen molar-refractivity contribution in [1.82, 2.24) is 5.32 Å². The SMILES string of the molecule is O=C(O)c1ccc([C@@H]2CCNC[C@@H]2F)cc1. The molecule has 1 aliphatic heterocycles. The third-order valence-corrected chi connectivity index (χ3v) is 2.99. The standard InChI is InChI=1S/C12H14FNO2/c13-11-7-14-6-5-10(11)8-1-3-9(4-2-8)12(15)16/h1-4,10-11,14H,5-7H2,(H,15,16)/t10-,11-/m0/s1. The molecule has 1 aromatic rings. The van der Waals surface area contributed by atoms with Gasteiger partial charge in [-0.3, -0.25) is 0 Å². The van der Waals surface area contributed by atoms with Crippen molar-refractivity contribution in [1.29, 1.82) is 0 Å². The minimum Gasteiger partial charge on any atom is -0.478 e. The minimum atomic E-state index is -0.950. The summed E-state index contributed by atoms with van der Waals surface area (Å²) in [5.41, 5.74) is 1.13. The number of rotatable bonds is 2. The summed E-state index contributed by atoms with van der Waals surface area (Å²) >= 11 is 0. The van der Waals surface area contributed by atoms with E-state index in [4.69, 9.17) is 5.11 Å². The predicted octanol–water partition coefficient (Wildman–Crippen LogP) is 1.80. The lowest BCUT2D eigenvalue weighted by atomic mass is 9.88. The molecule has 86 valence electrons. The van der Waals surface area contributed by atoms with E-state index in [2.05, 4.69) is 5.32 Å². The Kier molecular flexibility index (Phi) is 3.19. The summed E-state index contributed by atoms with van der Waals surface area (Å²) in [7, 11) is 0. The van der Waals surface area contributed by atoms with Crippen LogP contribution in [0.2, 0.25) is 0 Å². The molecule has 2 rings (SSSR count). The maximum atomic E-state index is 13.6. The van der Waals surface area contributed by atoms with Crippen molar-refractivity contribution in [3.63, 3.8) is 0 Å². The van der Waals surface area contributed by atoms with Gasteiger partial charge in [-0.25, -0.2) is 9.18 Å². The molecule has 2 atom stereocenters. The molecule has 0 radical (unpaired) electrons. The molecule has 0 saturated carbocycles. The first kappa shape index (κ1) is 11.1. The summed E-state index contributed by atoms with van der Waals surface area (Å²) in [6.45, 7) is 1.19. The van der Waals surface area contributed by atoms with Crippen molar-refractivity contribution in [3.8, 4) is 0 Å². The normalized spacial score (nSPS) is 25.3. The topological polar surface area (TPSA) is 49.3 Å². The molecular weight excluding hydrogens is 209 g/mol. The molecule has 0 aliphatic carbocycles. The Morgan fingerprint density at radius 2 is 2.06 bits per heavy atom. The molecule has 1 heterocycles. The van der Waals surface area contributed by atoms with Crippen LogP contribution in [0.3, 0.4) is 0 Å². The number of hydrogen-bond donors (Lipinski definition) is 2. The van der Waals surface area contributed by atoms with Crippen molar-refractivity contribution in [2.45, 2.75) is 18.5 Å². The van der Waals surface area contributed by atoms with E-state index in [1.165, 1.54) is 12.1 Å². The second-order valence-electron chi connectivity index (χ2n) is 4.04. The summed E-state index contributed by atoms with van der Waals surface area (Å²) in [5.74, 6) is -1.06. The third kappa shape index (κ3) is 2.22. The number of benzene rings is 1. The molecule has 0 aromatic heterocycles. The number of carboxylic acids is 1. The lowest BCUT2D eigenvalue weighted by molar-refractivity contribution is 0.0697. The first-order valence-electron chi connectivity index (χ1n) is 5.36. The molecule has 16 heavy (non-hydrogen) atoms. The van der Waals surface area contributed by atoms with E-state index in [1.54, 1.807) is 12.1 Å². The fraction of sp³-hybridized carbons (Fsp3) is 0.417. The number of carboxylic acid groups (broad SMARTS) is 1. The molecular formula is C12H14FNO2. The largest absolute Gasteiger partial charge is 0.478 e. The van der Waals surface area contributed by atoms with E-state index in [1.807, 2.05) is 0 Å². The third-order valence-electron chi connectivity index (χ3n) is 2.99. The highest BCUT2D eigenvalue weighted by Crippen LogP contribution is 2.27. The lowest BCUT2D eigenvalue weighted by Crippen LogP contribution is -2.36. The molecule has 1 saturated heterocycles. The average Bonchev–Trinajstić information content (AvgIpc) is 2.30. The molecule has 0 amide bonds. The van der Waals surface area contributed by atoms with Crippen molar-refractivity contribution in [2.24, 2.45) is 0 Å². The van der Waals surface area contributed by atoms with Gasteiger partial charge in [0.05, 0.1) is 5.56 Å². The van der Waals surface area contributed by atoms with Crippen molar-refractivity contribution >= 4 is 5.97 Å². The molecule has 3 nitrogen and oxygen atoms in total. The smallest absolute Gasteiger partial charge is 0.335 e. The quantitative estimate of drug-likeness (QED) is 0.803. The zero-order chi connectivity index (χ0) is 11.5. The summed E-state index contributed by atoms with van der Waals surface area (Å²) < 4.78 is 13.6. The van der Waals surface area contributed by atoms with Crippen molar-refractivity contribution in [2.75, 3.05) is 13.1 Å². The van der Waals surface area contributed by atoms with Gasteiger partial charge in [0.25, 0.3) is 0 Å². The zero-order valence-corrected chi connectivity index (χ0v) is 8.82. The van der Waals surface area contributed by atoms with Crippen LogP contribution in [-0.2, 0) is 0 Å². The Labute approximate surface area is 93.3 Å². The highest BCUT2D eigenvalue weighted by Gasteiger charge is 2.25. The second kappa shape index (κ2) is 4.61. The molecule has 1 aromatic carbocycles. The van der Waals surface area contributed by atoms with Gasteiger partial charge in [-0.15, -0.1) is 0 Å². The Bertz CT molecular complexity index is 377. The molecule has 1 fully saturated rings. The monoisotopic (exact) mass is 223 g/mol. The average molecular weight is 223 g/mol. The summed E-state index contributed by atoms with van der Waals surface area (Å²) in [5, 5.41) is 11.7. The predicted molar refractivity (Wildman–Crippen MR) is 58.5 cm³/mol. The van der Waals surface area contributed by atoms with Gasteiger partial charge in [-0.2, -0.15) is 0 Å². The van der Waals surface area contributed by atoms with Gasteiger partial charge in [0.2, 0.25) is 0 Å². The van der Waals surface area contributed by atoms with Crippen LogP contribution in [0.4, 0.5) is 4.39 Å². The molecule has 4 heteroatoms. The Morgan fingerprint density at radius 3 is 2.62 bits per heavy atom. The number of carbonyl (C=O) groups is 1. The van der Waals surface area contributed by atoms with Crippen LogP contribution in [-0.4, -0.2) is 30.3 Å². The van der Waals surface area contributed by atoms with Gasteiger partial charge in [0, 0.05) is 12.5 Å². The number of alkyl halides is 1. The minimum absolute atomic E-state index is 0.107. The molecule has 0 bridgehead atoms. The van der Waals surface area contributed by atoms with Gasteiger partial charge in [0.1, 0.15) is 6.17 Å². The second-order valence-corrected chi connectivity index (χ2v) is 4.04. The van der Waals surface area contributed by atoms with Crippen LogP contribution < -0.4 is 5.32 Å². The maximum Gasteiger partial charge on any atom is 0.335 e. The van der Waals surface area contributed by atoms with Crippen LogP contribution in [0.15, 0.2) is 24.3 Å². The van der Waals surface area contributed by atoms with Gasteiger partial charge in [-0.05, 0) is 30.7 Å². The van der Waals surface area contributed by atoms with Gasteiger partial charge < -0.3 is 10.4 Å². The van der Waals surface area contributed by atoms with E-state index < -0.39 is 12.1 Å². The van der Waals surface area contributed by atoms with Crippen molar-refractivity contribution < 1.29 is 14.3 Å². The van der Waals surface area contributed by atoms with Crippen LogP contribution >= 0.6 is 0 Å². The Hall–Kier alpha value is -1.42.